The van der Waals surface area contributed by atoms with Crippen LogP contribution in [0, 0.1) is 0 Å². The van der Waals surface area contributed by atoms with Gasteiger partial charge in [0.25, 0.3) is 0 Å². The minimum atomic E-state index is -5.70. The third-order valence-electron chi connectivity index (χ3n) is 3.78. The van der Waals surface area contributed by atoms with Crippen molar-refractivity contribution in [3.63, 3.8) is 0 Å². The minimum absolute atomic E-state index is 0.0440. The van der Waals surface area contributed by atoms with E-state index in [1.807, 2.05) is 0 Å². The molecular weight excluding hydrogens is 386 g/mol. The Labute approximate surface area is 150 Å². The second-order valence-electron chi connectivity index (χ2n) is 5.29. The van der Waals surface area contributed by atoms with Crippen LogP contribution in [0.3, 0.4) is 0 Å². The first kappa shape index (κ1) is 19.6. The van der Waals surface area contributed by atoms with Gasteiger partial charge in [-0.2, -0.15) is 26.3 Å². The number of nitrogen functional groups attached to an aromatic ring is 2. The van der Waals surface area contributed by atoms with E-state index in [0.717, 1.165) is 12.1 Å². The molecule has 10 heteroatoms. The Hall–Kier alpha value is -1.68. The molecule has 0 spiro atoms. The van der Waals surface area contributed by atoms with Crippen LogP contribution in [0.2, 0.25) is 0 Å². The zero-order chi connectivity index (χ0) is 19.2. The van der Waals surface area contributed by atoms with E-state index >= 15 is 0 Å². The van der Waals surface area contributed by atoms with Crippen LogP contribution in [-0.4, -0.2) is 12.4 Å². The van der Waals surface area contributed by atoms with Crippen molar-refractivity contribution in [2.24, 2.45) is 0 Å². The minimum Gasteiger partial charge on any atom is -0.398 e. The number of hydrogen-bond acceptors (Lipinski definition) is 4. The molecule has 0 aliphatic heterocycles. The van der Waals surface area contributed by atoms with Gasteiger partial charge in [-0.15, -0.1) is 25.3 Å². The van der Waals surface area contributed by atoms with Gasteiger partial charge >= 0.3 is 12.4 Å². The molecule has 2 aromatic rings. The van der Waals surface area contributed by atoms with Gasteiger partial charge < -0.3 is 11.5 Å². The zero-order valence-electron chi connectivity index (χ0n) is 12.3. The molecule has 4 N–H and O–H groups in total. The van der Waals surface area contributed by atoms with Crippen molar-refractivity contribution in [1.82, 2.24) is 0 Å². The average molecular weight is 398 g/mol. The summed E-state index contributed by atoms with van der Waals surface area (Å²) in [4.78, 5) is -0.395. The lowest BCUT2D eigenvalue weighted by Gasteiger charge is -2.38. The quantitative estimate of drug-likeness (QED) is 0.333. The van der Waals surface area contributed by atoms with E-state index in [1.165, 1.54) is 0 Å². The molecule has 136 valence electrons. The highest BCUT2D eigenvalue weighted by molar-refractivity contribution is 7.80. The summed E-state index contributed by atoms with van der Waals surface area (Å²) in [5.74, 6) is 0. The third-order valence-corrected chi connectivity index (χ3v) is 4.55. The van der Waals surface area contributed by atoms with Gasteiger partial charge in [0.05, 0.1) is 0 Å². The predicted molar refractivity (Wildman–Crippen MR) is 89.1 cm³/mol. The van der Waals surface area contributed by atoms with E-state index in [4.69, 9.17) is 11.5 Å². The van der Waals surface area contributed by atoms with E-state index in [2.05, 4.69) is 25.3 Å². The van der Waals surface area contributed by atoms with Gasteiger partial charge in [-0.1, -0.05) is 12.1 Å². The number of rotatable bonds is 2. The van der Waals surface area contributed by atoms with Crippen LogP contribution >= 0.6 is 25.3 Å². The van der Waals surface area contributed by atoms with Gasteiger partial charge in [0.1, 0.15) is 0 Å². The van der Waals surface area contributed by atoms with Crippen LogP contribution in [0.5, 0.6) is 0 Å². The van der Waals surface area contributed by atoms with Gasteiger partial charge in [0.15, 0.2) is 0 Å². The van der Waals surface area contributed by atoms with Gasteiger partial charge in [0.2, 0.25) is 5.41 Å². The number of hydrogen-bond donors (Lipinski definition) is 4. The Morgan fingerprint density at radius 3 is 1.20 bits per heavy atom. The van der Waals surface area contributed by atoms with E-state index in [-0.39, 0.29) is 21.2 Å². The Morgan fingerprint density at radius 2 is 0.960 bits per heavy atom. The number of benzene rings is 2. The van der Waals surface area contributed by atoms with E-state index < -0.39 is 28.9 Å². The molecule has 0 saturated carbocycles. The van der Waals surface area contributed by atoms with Crippen LogP contribution < -0.4 is 11.5 Å². The van der Waals surface area contributed by atoms with Crippen molar-refractivity contribution < 1.29 is 26.3 Å². The monoisotopic (exact) mass is 398 g/mol. The first-order valence-electron chi connectivity index (χ1n) is 6.63. The zero-order valence-corrected chi connectivity index (χ0v) is 14.1. The average Bonchev–Trinajstić information content (AvgIpc) is 2.44. The maximum Gasteiger partial charge on any atom is 0.411 e. The summed E-state index contributed by atoms with van der Waals surface area (Å²) in [5, 5.41) is 0. The van der Waals surface area contributed by atoms with Gasteiger partial charge in [-0.25, -0.2) is 0 Å². The van der Waals surface area contributed by atoms with E-state index in [1.54, 1.807) is 0 Å². The first-order chi connectivity index (χ1) is 11.3. The lowest BCUT2D eigenvalue weighted by atomic mass is 9.73. The summed E-state index contributed by atoms with van der Waals surface area (Å²) in [6, 6.07) is 4.59. The Bertz CT molecular complexity index is 734. The molecule has 0 unspecified atom stereocenters. The van der Waals surface area contributed by atoms with Crippen LogP contribution in [0.4, 0.5) is 37.7 Å². The Balaban J connectivity index is 2.96. The first-order valence-corrected chi connectivity index (χ1v) is 7.53. The standard InChI is InChI=1S/C15H12F6N2S2/c16-14(17,18)13(15(19,20)21,7-1-3-9(22)11(24)5-7)8-2-4-10(23)12(25)6-8/h1-6,24-25H,22-23H2. The van der Waals surface area contributed by atoms with Crippen molar-refractivity contribution >= 4 is 36.6 Å². The highest BCUT2D eigenvalue weighted by Gasteiger charge is 2.72. The smallest absolute Gasteiger partial charge is 0.398 e. The molecule has 0 aromatic heterocycles. The molecule has 0 fully saturated rings. The van der Waals surface area contributed by atoms with Crippen LogP contribution in [0.15, 0.2) is 46.2 Å². The Morgan fingerprint density at radius 1 is 0.640 bits per heavy atom. The maximum atomic E-state index is 13.9. The molecule has 0 heterocycles. The SMILES string of the molecule is Nc1ccc(C(c2ccc(N)c(S)c2)(C(F)(F)F)C(F)(F)F)cc1S. The van der Waals surface area contributed by atoms with Gasteiger partial charge in [-0.05, 0) is 35.4 Å². The molecule has 0 saturated heterocycles. The van der Waals surface area contributed by atoms with Gasteiger partial charge in [-0.3, -0.25) is 0 Å². The normalized spacial score (nSPS) is 13.1. The van der Waals surface area contributed by atoms with Crippen molar-refractivity contribution in [1.29, 1.82) is 0 Å². The van der Waals surface area contributed by atoms with Crippen molar-refractivity contribution in [3.8, 4) is 0 Å². The molecule has 0 bridgehead atoms. The largest absolute Gasteiger partial charge is 0.411 e. The van der Waals surface area contributed by atoms with E-state index in [0.29, 0.717) is 24.3 Å². The summed E-state index contributed by atoms with van der Waals surface area (Å²) < 4.78 is 83.2. The summed E-state index contributed by atoms with van der Waals surface area (Å²) in [5.41, 5.74) is 4.46. The second kappa shape index (κ2) is 6.24. The van der Waals surface area contributed by atoms with Gasteiger partial charge in [0, 0.05) is 21.2 Å². The number of halogens is 6. The highest BCUT2D eigenvalue weighted by Crippen LogP contribution is 2.56. The second-order valence-corrected chi connectivity index (χ2v) is 6.26. The molecular formula is C15H12F6N2S2. The van der Waals surface area contributed by atoms with Crippen molar-refractivity contribution in [2.75, 3.05) is 11.5 Å². The van der Waals surface area contributed by atoms with E-state index in [9.17, 15) is 26.3 Å². The van der Waals surface area contributed by atoms with Crippen molar-refractivity contribution in [3.05, 3.63) is 47.5 Å². The summed E-state index contributed by atoms with van der Waals surface area (Å²) in [7, 11) is 0. The molecule has 0 aliphatic rings. The van der Waals surface area contributed by atoms with Crippen molar-refractivity contribution in [2.45, 2.75) is 27.6 Å². The number of nitrogens with two attached hydrogens (primary N) is 2. The Kier molecular flexibility index (Phi) is 4.90. The molecule has 25 heavy (non-hydrogen) atoms. The molecule has 0 amide bonds. The fraction of sp³-hybridized carbons (Fsp3) is 0.200. The molecule has 2 nitrogen and oxygen atoms in total. The number of anilines is 2. The fourth-order valence-electron chi connectivity index (χ4n) is 2.54. The summed E-state index contributed by atoms with van der Waals surface area (Å²) >= 11 is 7.69. The predicted octanol–water partition coefficient (Wildman–Crippen LogP) is 4.84. The summed E-state index contributed by atoms with van der Waals surface area (Å²) in [6.45, 7) is 0. The molecule has 0 radical (unpaired) electrons. The molecule has 0 atom stereocenters. The molecule has 0 aliphatic carbocycles. The maximum absolute atomic E-state index is 13.9. The molecule has 2 rings (SSSR count). The topological polar surface area (TPSA) is 52.0 Å². The third kappa shape index (κ3) is 3.12. The lowest BCUT2D eigenvalue weighted by molar-refractivity contribution is -0.288. The molecule has 2 aromatic carbocycles. The fourth-order valence-corrected chi connectivity index (χ4v) is 2.96. The summed E-state index contributed by atoms with van der Waals surface area (Å²) in [6.07, 6.45) is -11.4. The van der Waals surface area contributed by atoms with Crippen LogP contribution in [0.1, 0.15) is 11.1 Å². The van der Waals surface area contributed by atoms with Crippen LogP contribution in [0.25, 0.3) is 0 Å². The number of alkyl halides is 6. The lowest BCUT2D eigenvalue weighted by Crippen LogP contribution is -2.54. The highest BCUT2D eigenvalue weighted by atomic mass is 32.1. The van der Waals surface area contributed by atoms with Crippen LogP contribution in [-0.2, 0) is 5.41 Å². The number of thiol groups is 2.